The first-order valence-electron chi connectivity index (χ1n) is 3.95. The molecule has 1 heterocycles. The molecular formula is C9H14N2O. The van der Waals surface area contributed by atoms with Crippen LogP contribution in [0.3, 0.4) is 0 Å². The van der Waals surface area contributed by atoms with E-state index in [1.165, 1.54) is 5.56 Å². The fraction of sp³-hybridized carbons (Fsp3) is 0.444. The molecule has 0 aromatic carbocycles. The third-order valence-corrected chi connectivity index (χ3v) is 1.90. The van der Waals surface area contributed by atoms with Crippen LogP contribution in [0, 0.1) is 0 Å². The van der Waals surface area contributed by atoms with Gasteiger partial charge in [0.1, 0.15) is 0 Å². The minimum atomic E-state index is 0.336. The molecule has 0 aliphatic heterocycles. The molecular weight excluding hydrogens is 152 g/mol. The summed E-state index contributed by atoms with van der Waals surface area (Å²) < 4.78 is 4.95. The lowest BCUT2D eigenvalue weighted by molar-refractivity contribution is 0.397. The van der Waals surface area contributed by atoms with E-state index in [-0.39, 0.29) is 0 Å². The molecule has 3 heteroatoms. The van der Waals surface area contributed by atoms with Crippen molar-refractivity contribution in [2.24, 2.45) is 0 Å². The van der Waals surface area contributed by atoms with Gasteiger partial charge < -0.3 is 10.1 Å². The van der Waals surface area contributed by atoms with Crippen molar-refractivity contribution in [3.05, 3.63) is 23.9 Å². The molecule has 1 aromatic rings. The number of hydrogen-bond acceptors (Lipinski definition) is 3. The molecule has 12 heavy (non-hydrogen) atoms. The molecule has 1 rings (SSSR count). The average Bonchev–Trinajstić information content (AvgIpc) is 2.17. The van der Waals surface area contributed by atoms with E-state index in [1.54, 1.807) is 7.11 Å². The predicted molar refractivity (Wildman–Crippen MR) is 48.3 cm³/mol. The van der Waals surface area contributed by atoms with Crippen molar-refractivity contribution >= 4 is 0 Å². The second kappa shape index (κ2) is 4.07. The van der Waals surface area contributed by atoms with Gasteiger partial charge in [-0.3, -0.25) is 0 Å². The first kappa shape index (κ1) is 9.00. The van der Waals surface area contributed by atoms with Gasteiger partial charge >= 0.3 is 0 Å². The minimum absolute atomic E-state index is 0.336. The zero-order chi connectivity index (χ0) is 8.97. The molecule has 0 bridgehead atoms. The van der Waals surface area contributed by atoms with Gasteiger partial charge in [-0.05, 0) is 19.5 Å². The van der Waals surface area contributed by atoms with Gasteiger partial charge in [0.25, 0.3) is 0 Å². The quantitative estimate of drug-likeness (QED) is 0.736. The fourth-order valence-electron chi connectivity index (χ4n) is 0.935. The maximum atomic E-state index is 4.95. The normalized spacial score (nSPS) is 12.6. The second-order valence-electron chi connectivity index (χ2n) is 2.64. The molecule has 1 aromatic heterocycles. The summed E-state index contributed by atoms with van der Waals surface area (Å²) in [5, 5.41) is 3.14. The van der Waals surface area contributed by atoms with Crippen molar-refractivity contribution in [1.82, 2.24) is 10.3 Å². The molecule has 0 radical (unpaired) electrons. The van der Waals surface area contributed by atoms with Gasteiger partial charge in [-0.2, -0.15) is 0 Å². The first-order valence-corrected chi connectivity index (χ1v) is 3.95. The maximum absolute atomic E-state index is 4.95. The summed E-state index contributed by atoms with van der Waals surface area (Å²) in [6.07, 6.45) is 1.82. The van der Waals surface area contributed by atoms with Gasteiger partial charge in [-0.15, -0.1) is 0 Å². The molecule has 0 aliphatic rings. The van der Waals surface area contributed by atoms with Crippen LogP contribution >= 0.6 is 0 Å². The number of ether oxygens (including phenoxy) is 1. The monoisotopic (exact) mass is 166 g/mol. The van der Waals surface area contributed by atoms with Gasteiger partial charge in [0.05, 0.1) is 7.11 Å². The summed E-state index contributed by atoms with van der Waals surface area (Å²) in [6.45, 7) is 2.09. The van der Waals surface area contributed by atoms with Crippen LogP contribution in [0.1, 0.15) is 18.5 Å². The molecule has 0 unspecified atom stereocenters. The van der Waals surface area contributed by atoms with Crippen LogP contribution in [-0.2, 0) is 0 Å². The number of methoxy groups -OCH3 is 1. The lowest BCUT2D eigenvalue weighted by Gasteiger charge is -2.09. The highest BCUT2D eigenvalue weighted by Gasteiger charge is 2.01. The van der Waals surface area contributed by atoms with Gasteiger partial charge in [0.15, 0.2) is 0 Å². The zero-order valence-electron chi connectivity index (χ0n) is 7.66. The largest absolute Gasteiger partial charge is 0.481 e. The van der Waals surface area contributed by atoms with Crippen LogP contribution in [0.4, 0.5) is 0 Å². The van der Waals surface area contributed by atoms with Crippen LogP contribution in [0.2, 0.25) is 0 Å². The predicted octanol–water partition coefficient (Wildman–Crippen LogP) is 1.37. The van der Waals surface area contributed by atoms with E-state index in [9.17, 15) is 0 Å². The van der Waals surface area contributed by atoms with Crippen molar-refractivity contribution in [2.45, 2.75) is 13.0 Å². The van der Waals surface area contributed by atoms with Crippen LogP contribution in [0.25, 0.3) is 0 Å². The summed E-state index contributed by atoms with van der Waals surface area (Å²) in [5.74, 6) is 0.655. The summed E-state index contributed by atoms with van der Waals surface area (Å²) in [6, 6.07) is 4.21. The number of aromatic nitrogens is 1. The van der Waals surface area contributed by atoms with Crippen molar-refractivity contribution in [1.29, 1.82) is 0 Å². The molecule has 0 aliphatic carbocycles. The molecule has 0 amide bonds. The molecule has 1 atom stereocenters. The number of rotatable bonds is 3. The van der Waals surface area contributed by atoms with E-state index in [4.69, 9.17) is 4.74 Å². The lowest BCUT2D eigenvalue weighted by Crippen LogP contribution is -2.12. The van der Waals surface area contributed by atoms with Gasteiger partial charge in [0.2, 0.25) is 5.88 Å². The Bertz CT molecular complexity index is 233. The van der Waals surface area contributed by atoms with Crippen molar-refractivity contribution < 1.29 is 4.74 Å². The standard InChI is InChI=1S/C9H14N2O/c1-7(10-2)8-4-5-9(12-3)11-6-8/h4-7,10H,1-3H3/t7-/m1/s1. The zero-order valence-corrected chi connectivity index (χ0v) is 7.66. The third kappa shape index (κ3) is 1.95. The molecule has 66 valence electrons. The Labute approximate surface area is 72.8 Å². The number of nitrogens with one attached hydrogen (secondary N) is 1. The first-order chi connectivity index (χ1) is 5.77. The molecule has 0 fully saturated rings. The Morgan fingerprint density at radius 2 is 2.25 bits per heavy atom. The van der Waals surface area contributed by atoms with Crippen molar-refractivity contribution in [3.8, 4) is 5.88 Å². The molecule has 1 N–H and O–H groups in total. The van der Waals surface area contributed by atoms with Crippen LogP contribution in [0.5, 0.6) is 5.88 Å². The third-order valence-electron chi connectivity index (χ3n) is 1.90. The minimum Gasteiger partial charge on any atom is -0.481 e. The van der Waals surface area contributed by atoms with E-state index in [0.29, 0.717) is 11.9 Å². The Hall–Kier alpha value is -1.09. The Kier molecular flexibility index (Phi) is 3.05. The fourth-order valence-corrected chi connectivity index (χ4v) is 0.935. The van der Waals surface area contributed by atoms with Crippen molar-refractivity contribution in [3.63, 3.8) is 0 Å². The van der Waals surface area contributed by atoms with Crippen LogP contribution < -0.4 is 10.1 Å². The second-order valence-corrected chi connectivity index (χ2v) is 2.64. The summed E-state index contributed by atoms with van der Waals surface area (Å²) in [4.78, 5) is 4.10. The van der Waals surface area contributed by atoms with E-state index in [0.717, 1.165) is 0 Å². The summed E-state index contributed by atoms with van der Waals surface area (Å²) in [5.41, 5.74) is 1.17. The molecule has 0 spiro atoms. The van der Waals surface area contributed by atoms with Gasteiger partial charge in [-0.25, -0.2) is 4.98 Å². The van der Waals surface area contributed by atoms with E-state index < -0.39 is 0 Å². The topological polar surface area (TPSA) is 34.1 Å². The lowest BCUT2D eigenvalue weighted by atomic mass is 10.1. The molecule has 0 saturated carbocycles. The molecule has 0 saturated heterocycles. The summed E-state index contributed by atoms with van der Waals surface area (Å²) >= 11 is 0. The van der Waals surface area contributed by atoms with Gasteiger partial charge in [0, 0.05) is 18.3 Å². The average molecular weight is 166 g/mol. The Morgan fingerprint density at radius 1 is 1.50 bits per heavy atom. The van der Waals surface area contributed by atoms with E-state index >= 15 is 0 Å². The van der Waals surface area contributed by atoms with Crippen LogP contribution in [-0.4, -0.2) is 19.1 Å². The van der Waals surface area contributed by atoms with Gasteiger partial charge in [-0.1, -0.05) is 6.07 Å². The van der Waals surface area contributed by atoms with E-state index in [2.05, 4.69) is 17.2 Å². The SMILES string of the molecule is CN[C@H](C)c1ccc(OC)nc1. The summed E-state index contributed by atoms with van der Waals surface area (Å²) in [7, 11) is 3.54. The molecule has 3 nitrogen and oxygen atoms in total. The Balaban J connectivity index is 2.77. The number of hydrogen-bond donors (Lipinski definition) is 1. The number of nitrogens with zero attached hydrogens (tertiary/aromatic N) is 1. The highest BCUT2D eigenvalue weighted by molar-refractivity contribution is 5.20. The Morgan fingerprint density at radius 3 is 2.67 bits per heavy atom. The maximum Gasteiger partial charge on any atom is 0.212 e. The van der Waals surface area contributed by atoms with Crippen molar-refractivity contribution in [2.75, 3.05) is 14.2 Å². The van der Waals surface area contributed by atoms with E-state index in [1.807, 2.05) is 25.4 Å². The smallest absolute Gasteiger partial charge is 0.212 e. The highest BCUT2D eigenvalue weighted by Crippen LogP contribution is 2.13. The highest BCUT2D eigenvalue weighted by atomic mass is 16.5. The van der Waals surface area contributed by atoms with Crippen LogP contribution in [0.15, 0.2) is 18.3 Å². The number of pyridine rings is 1.